The molecule has 0 bridgehead atoms. The molecule has 5 rings (SSSR count). The van der Waals surface area contributed by atoms with Gasteiger partial charge in [0.2, 0.25) is 0 Å². The van der Waals surface area contributed by atoms with Gasteiger partial charge in [0.1, 0.15) is 6.17 Å². The number of anilines is 1. The van der Waals surface area contributed by atoms with Gasteiger partial charge in [-0.3, -0.25) is 14.5 Å². The zero-order valence-corrected chi connectivity index (χ0v) is 21.8. The molecule has 3 aromatic rings. The van der Waals surface area contributed by atoms with Crippen LogP contribution in [0.5, 0.6) is 0 Å². The van der Waals surface area contributed by atoms with Gasteiger partial charge in [-0.15, -0.1) is 0 Å². The Morgan fingerprint density at radius 1 is 0.892 bits per heavy atom. The van der Waals surface area contributed by atoms with Crippen molar-refractivity contribution >= 4 is 17.5 Å². The second-order valence-corrected chi connectivity index (χ2v) is 10.4. The van der Waals surface area contributed by atoms with Crippen molar-refractivity contribution in [2.75, 3.05) is 38.0 Å². The number of amides is 2. The molecule has 37 heavy (non-hydrogen) atoms. The van der Waals surface area contributed by atoms with Crippen LogP contribution >= 0.6 is 0 Å². The van der Waals surface area contributed by atoms with E-state index in [1.807, 2.05) is 64.4 Å². The highest BCUT2D eigenvalue weighted by Gasteiger charge is 2.36. The normalized spacial score (nSPS) is 17.8. The van der Waals surface area contributed by atoms with Gasteiger partial charge in [0.15, 0.2) is 0 Å². The van der Waals surface area contributed by atoms with E-state index in [4.69, 9.17) is 0 Å². The highest BCUT2D eigenvalue weighted by molar-refractivity contribution is 5.99. The summed E-state index contributed by atoms with van der Waals surface area (Å²) in [6, 6.07) is 26.0. The molecule has 2 heterocycles. The van der Waals surface area contributed by atoms with Crippen LogP contribution in [0.4, 0.5) is 5.69 Å². The fourth-order valence-corrected chi connectivity index (χ4v) is 5.15. The molecule has 1 saturated heterocycles. The van der Waals surface area contributed by atoms with Crippen LogP contribution in [0.1, 0.15) is 58.3 Å². The number of carbonyl (C=O) groups excluding carboxylic acids is 2. The molecule has 1 fully saturated rings. The Kier molecular flexibility index (Phi) is 7.56. The van der Waals surface area contributed by atoms with E-state index in [1.165, 1.54) is 5.56 Å². The molecule has 0 aliphatic carbocycles. The predicted molar refractivity (Wildman–Crippen MR) is 147 cm³/mol. The van der Waals surface area contributed by atoms with Crippen LogP contribution in [-0.4, -0.2) is 59.2 Å². The summed E-state index contributed by atoms with van der Waals surface area (Å²) in [7, 11) is 0. The molecule has 2 amide bonds. The smallest absolute Gasteiger partial charge is 0.256 e. The molecule has 1 atom stereocenters. The highest BCUT2D eigenvalue weighted by Crippen LogP contribution is 2.34. The van der Waals surface area contributed by atoms with Crippen LogP contribution in [0.25, 0.3) is 0 Å². The van der Waals surface area contributed by atoms with Gasteiger partial charge in [0.05, 0.1) is 0 Å². The summed E-state index contributed by atoms with van der Waals surface area (Å²) < 4.78 is 0. The van der Waals surface area contributed by atoms with E-state index in [-0.39, 0.29) is 18.0 Å². The quantitative estimate of drug-likeness (QED) is 0.462. The molecule has 3 aromatic carbocycles. The number of hydrogen-bond donors (Lipinski definition) is 1. The van der Waals surface area contributed by atoms with E-state index in [2.05, 4.69) is 48.3 Å². The molecule has 0 saturated carbocycles. The first-order valence-corrected chi connectivity index (χ1v) is 13.3. The monoisotopic (exact) mass is 496 g/mol. The Morgan fingerprint density at radius 3 is 2.27 bits per heavy atom. The maximum atomic E-state index is 13.2. The van der Waals surface area contributed by atoms with E-state index in [0.29, 0.717) is 18.0 Å². The summed E-state index contributed by atoms with van der Waals surface area (Å²) in [4.78, 5) is 32.5. The standard InChI is InChI=1S/C31H36N4O2/c1-23(2)16-17-35-29(27-10-6-7-11-28(27)31(35)37)32-26-14-12-25(13-15-26)30(36)34-20-18-33(19-21-34)22-24-8-4-3-5-9-24/h3-15,23,29,32H,16-22H2,1-2H3. The Morgan fingerprint density at radius 2 is 1.57 bits per heavy atom. The van der Waals surface area contributed by atoms with Crippen molar-refractivity contribution in [1.82, 2.24) is 14.7 Å². The van der Waals surface area contributed by atoms with Gasteiger partial charge in [0.25, 0.3) is 11.8 Å². The topological polar surface area (TPSA) is 55.9 Å². The first-order valence-electron chi connectivity index (χ1n) is 13.3. The number of piperazine rings is 1. The molecule has 2 aliphatic heterocycles. The van der Waals surface area contributed by atoms with Crippen molar-refractivity contribution < 1.29 is 9.59 Å². The average Bonchev–Trinajstić information content (AvgIpc) is 3.19. The van der Waals surface area contributed by atoms with E-state index in [0.717, 1.165) is 56.0 Å². The summed E-state index contributed by atoms with van der Waals surface area (Å²) in [6.45, 7) is 9.20. The largest absolute Gasteiger partial charge is 0.361 e. The third-order valence-corrected chi connectivity index (χ3v) is 7.35. The number of rotatable bonds is 8. The SMILES string of the molecule is CC(C)CCN1C(=O)c2ccccc2C1Nc1ccc(C(=O)N2CCN(Cc3ccccc3)CC2)cc1. The lowest BCUT2D eigenvalue weighted by atomic mass is 10.1. The van der Waals surface area contributed by atoms with Gasteiger partial charge in [-0.05, 0) is 48.2 Å². The van der Waals surface area contributed by atoms with E-state index >= 15 is 0 Å². The van der Waals surface area contributed by atoms with Crippen LogP contribution in [0, 0.1) is 5.92 Å². The van der Waals surface area contributed by atoms with Crippen molar-refractivity contribution in [3.8, 4) is 0 Å². The minimum absolute atomic E-state index is 0.0749. The lowest BCUT2D eigenvalue weighted by molar-refractivity contribution is 0.0628. The van der Waals surface area contributed by atoms with Gasteiger partial charge in [0, 0.05) is 61.6 Å². The van der Waals surface area contributed by atoms with E-state index < -0.39 is 0 Å². The molecule has 1 unspecified atom stereocenters. The Balaban J connectivity index is 1.21. The second kappa shape index (κ2) is 11.2. The van der Waals surface area contributed by atoms with Crippen molar-refractivity contribution in [1.29, 1.82) is 0 Å². The molecule has 0 radical (unpaired) electrons. The lowest BCUT2D eigenvalue weighted by Crippen LogP contribution is -2.48. The third-order valence-electron chi connectivity index (χ3n) is 7.35. The number of carbonyl (C=O) groups is 2. The van der Waals surface area contributed by atoms with Crippen molar-refractivity contribution in [3.05, 3.63) is 101 Å². The number of benzene rings is 3. The molecular formula is C31H36N4O2. The van der Waals surface area contributed by atoms with Crippen LogP contribution < -0.4 is 5.32 Å². The number of hydrogen-bond acceptors (Lipinski definition) is 4. The van der Waals surface area contributed by atoms with E-state index in [1.54, 1.807) is 0 Å². The maximum Gasteiger partial charge on any atom is 0.256 e. The Bertz CT molecular complexity index is 1220. The summed E-state index contributed by atoms with van der Waals surface area (Å²) in [6.07, 6.45) is 0.742. The molecule has 0 spiro atoms. The van der Waals surface area contributed by atoms with Gasteiger partial charge >= 0.3 is 0 Å². The van der Waals surface area contributed by atoms with Gasteiger partial charge in [-0.25, -0.2) is 0 Å². The highest BCUT2D eigenvalue weighted by atomic mass is 16.2. The summed E-state index contributed by atoms with van der Waals surface area (Å²) >= 11 is 0. The first kappa shape index (κ1) is 25.0. The second-order valence-electron chi connectivity index (χ2n) is 10.4. The van der Waals surface area contributed by atoms with Crippen molar-refractivity contribution in [2.45, 2.75) is 33.0 Å². The minimum atomic E-state index is -0.207. The number of fused-ring (bicyclic) bond motifs is 1. The maximum absolute atomic E-state index is 13.2. The third kappa shape index (κ3) is 5.70. The fourth-order valence-electron chi connectivity index (χ4n) is 5.15. The van der Waals surface area contributed by atoms with Gasteiger partial charge in [-0.2, -0.15) is 0 Å². The average molecular weight is 497 g/mol. The zero-order valence-electron chi connectivity index (χ0n) is 21.8. The predicted octanol–water partition coefficient (Wildman–Crippen LogP) is 5.26. The van der Waals surface area contributed by atoms with Gasteiger partial charge in [-0.1, -0.05) is 62.4 Å². The summed E-state index contributed by atoms with van der Waals surface area (Å²) in [5.41, 5.74) is 4.67. The Labute approximate surface area is 219 Å². The molecule has 2 aliphatic rings. The molecule has 192 valence electrons. The first-order chi connectivity index (χ1) is 18.0. The Hall–Kier alpha value is -3.64. The van der Waals surface area contributed by atoms with Crippen LogP contribution in [0.2, 0.25) is 0 Å². The minimum Gasteiger partial charge on any atom is -0.361 e. The zero-order chi connectivity index (χ0) is 25.8. The lowest BCUT2D eigenvalue weighted by Gasteiger charge is -2.34. The summed E-state index contributed by atoms with van der Waals surface area (Å²) in [5, 5.41) is 3.55. The van der Waals surface area contributed by atoms with Gasteiger partial charge < -0.3 is 15.1 Å². The number of nitrogens with one attached hydrogen (secondary N) is 1. The fraction of sp³-hybridized carbons (Fsp3) is 0.355. The molecular weight excluding hydrogens is 460 g/mol. The summed E-state index contributed by atoms with van der Waals surface area (Å²) in [5.74, 6) is 0.667. The van der Waals surface area contributed by atoms with Crippen LogP contribution in [0.15, 0.2) is 78.9 Å². The van der Waals surface area contributed by atoms with Crippen LogP contribution in [0.3, 0.4) is 0 Å². The van der Waals surface area contributed by atoms with Crippen molar-refractivity contribution in [3.63, 3.8) is 0 Å². The van der Waals surface area contributed by atoms with Crippen molar-refractivity contribution in [2.24, 2.45) is 5.92 Å². The molecule has 6 nitrogen and oxygen atoms in total. The molecule has 6 heteroatoms. The molecule has 0 aromatic heterocycles. The molecule has 1 N–H and O–H groups in total. The van der Waals surface area contributed by atoms with Crippen LogP contribution in [-0.2, 0) is 6.54 Å². The van der Waals surface area contributed by atoms with E-state index in [9.17, 15) is 9.59 Å². The number of nitrogens with zero attached hydrogens (tertiary/aromatic N) is 3.